The SMILES string of the molecule is NC(=O)c1ccc([N+](=O)[O-])c(NCc2ccc(Br)s2)c1. The number of nitro benzene ring substituents is 1. The molecule has 0 saturated heterocycles. The zero-order valence-corrected chi connectivity index (χ0v) is 12.5. The Hall–Kier alpha value is -1.93. The maximum Gasteiger partial charge on any atom is 0.292 e. The average molecular weight is 356 g/mol. The monoisotopic (exact) mass is 355 g/mol. The first-order valence-electron chi connectivity index (χ1n) is 5.53. The molecule has 0 spiro atoms. The number of nitro groups is 1. The molecular formula is C12H10BrN3O3S. The van der Waals surface area contributed by atoms with E-state index in [0.717, 1.165) is 8.66 Å². The van der Waals surface area contributed by atoms with E-state index in [0.29, 0.717) is 6.54 Å². The molecule has 0 atom stereocenters. The minimum atomic E-state index is -0.623. The van der Waals surface area contributed by atoms with Gasteiger partial charge in [0.25, 0.3) is 5.69 Å². The number of anilines is 1. The van der Waals surface area contributed by atoms with E-state index in [9.17, 15) is 14.9 Å². The van der Waals surface area contributed by atoms with Crippen molar-refractivity contribution in [1.29, 1.82) is 0 Å². The van der Waals surface area contributed by atoms with Gasteiger partial charge in [-0.15, -0.1) is 11.3 Å². The van der Waals surface area contributed by atoms with E-state index in [-0.39, 0.29) is 16.9 Å². The predicted octanol–water partition coefficient (Wildman–Crippen LogP) is 3.13. The summed E-state index contributed by atoms with van der Waals surface area (Å²) in [6, 6.07) is 7.81. The van der Waals surface area contributed by atoms with Crippen molar-refractivity contribution in [3.63, 3.8) is 0 Å². The molecule has 1 heterocycles. The van der Waals surface area contributed by atoms with Crippen LogP contribution in [0.5, 0.6) is 0 Å². The van der Waals surface area contributed by atoms with Crippen molar-refractivity contribution in [3.8, 4) is 0 Å². The van der Waals surface area contributed by atoms with E-state index >= 15 is 0 Å². The first-order chi connectivity index (χ1) is 9.47. The second-order valence-electron chi connectivity index (χ2n) is 3.91. The Kier molecular flexibility index (Phi) is 4.35. The van der Waals surface area contributed by atoms with Crippen LogP contribution in [0.3, 0.4) is 0 Å². The molecule has 2 aromatic rings. The number of hydrogen-bond acceptors (Lipinski definition) is 5. The number of primary amides is 1. The Balaban J connectivity index is 2.25. The fourth-order valence-electron chi connectivity index (χ4n) is 1.62. The Bertz CT molecular complexity index is 672. The zero-order chi connectivity index (χ0) is 14.7. The molecule has 6 nitrogen and oxygen atoms in total. The summed E-state index contributed by atoms with van der Waals surface area (Å²) in [4.78, 5) is 22.6. The number of carbonyl (C=O) groups is 1. The summed E-state index contributed by atoms with van der Waals surface area (Å²) in [6.45, 7) is 0.430. The molecule has 0 unspecified atom stereocenters. The third-order valence-corrected chi connectivity index (χ3v) is 4.18. The number of benzene rings is 1. The van der Waals surface area contributed by atoms with Gasteiger partial charge in [-0.25, -0.2) is 0 Å². The molecule has 1 aromatic heterocycles. The van der Waals surface area contributed by atoms with Gasteiger partial charge >= 0.3 is 0 Å². The van der Waals surface area contributed by atoms with Crippen LogP contribution in [0.25, 0.3) is 0 Å². The fraction of sp³-hybridized carbons (Fsp3) is 0.0833. The van der Waals surface area contributed by atoms with Crippen molar-refractivity contribution < 1.29 is 9.72 Å². The molecule has 0 aliphatic rings. The summed E-state index contributed by atoms with van der Waals surface area (Å²) in [5, 5.41) is 13.9. The minimum Gasteiger partial charge on any atom is -0.375 e. The number of thiophene rings is 1. The molecule has 1 amide bonds. The van der Waals surface area contributed by atoms with E-state index < -0.39 is 10.8 Å². The van der Waals surface area contributed by atoms with Crippen LogP contribution in [-0.2, 0) is 6.54 Å². The van der Waals surface area contributed by atoms with Gasteiger partial charge in [-0.2, -0.15) is 0 Å². The van der Waals surface area contributed by atoms with Crippen molar-refractivity contribution >= 4 is 44.5 Å². The van der Waals surface area contributed by atoms with E-state index in [1.807, 2.05) is 12.1 Å². The molecule has 104 valence electrons. The second-order valence-corrected chi connectivity index (χ2v) is 6.46. The van der Waals surface area contributed by atoms with Gasteiger partial charge < -0.3 is 11.1 Å². The molecule has 3 N–H and O–H groups in total. The number of carbonyl (C=O) groups excluding carboxylic acids is 1. The maximum atomic E-state index is 11.1. The van der Waals surface area contributed by atoms with Crippen molar-refractivity contribution in [2.45, 2.75) is 6.54 Å². The lowest BCUT2D eigenvalue weighted by Crippen LogP contribution is -2.12. The number of nitrogens with two attached hydrogens (primary N) is 1. The van der Waals surface area contributed by atoms with E-state index in [1.54, 1.807) is 0 Å². The van der Waals surface area contributed by atoms with Gasteiger partial charge in [0, 0.05) is 23.1 Å². The van der Waals surface area contributed by atoms with E-state index in [4.69, 9.17) is 5.73 Å². The van der Waals surface area contributed by atoms with Crippen LogP contribution in [0.1, 0.15) is 15.2 Å². The molecule has 8 heteroatoms. The number of halogens is 1. The van der Waals surface area contributed by atoms with Crippen LogP contribution >= 0.6 is 27.3 Å². The number of rotatable bonds is 5. The molecule has 0 radical (unpaired) electrons. The largest absolute Gasteiger partial charge is 0.375 e. The van der Waals surface area contributed by atoms with Gasteiger partial charge in [0.1, 0.15) is 5.69 Å². The quantitative estimate of drug-likeness (QED) is 0.635. The van der Waals surface area contributed by atoms with E-state index in [2.05, 4.69) is 21.2 Å². The van der Waals surface area contributed by atoms with Crippen LogP contribution < -0.4 is 11.1 Å². The minimum absolute atomic E-state index is 0.0920. The summed E-state index contributed by atoms with van der Waals surface area (Å²) in [6.07, 6.45) is 0. The first-order valence-corrected chi connectivity index (χ1v) is 7.14. The van der Waals surface area contributed by atoms with Crippen molar-refractivity contribution in [2.24, 2.45) is 5.73 Å². The van der Waals surface area contributed by atoms with Gasteiger partial charge in [-0.05, 0) is 40.2 Å². The van der Waals surface area contributed by atoms with Crippen LogP contribution in [0.15, 0.2) is 34.1 Å². The first kappa shape index (κ1) is 14.5. The topological polar surface area (TPSA) is 98.3 Å². The van der Waals surface area contributed by atoms with Crippen LogP contribution in [-0.4, -0.2) is 10.8 Å². The number of nitrogens with zero attached hydrogens (tertiary/aromatic N) is 1. The van der Waals surface area contributed by atoms with Gasteiger partial charge in [-0.1, -0.05) is 0 Å². The highest BCUT2D eigenvalue weighted by Gasteiger charge is 2.15. The Morgan fingerprint density at radius 3 is 2.70 bits per heavy atom. The highest BCUT2D eigenvalue weighted by Crippen LogP contribution is 2.28. The Morgan fingerprint density at radius 1 is 1.40 bits per heavy atom. The average Bonchev–Trinajstić information content (AvgIpc) is 2.81. The van der Waals surface area contributed by atoms with E-state index in [1.165, 1.54) is 29.5 Å². The third-order valence-electron chi connectivity index (χ3n) is 2.56. The number of nitrogens with one attached hydrogen (secondary N) is 1. The molecule has 2 rings (SSSR count). The summed E-state index contributed by atoms with van der Waals surface area (Å²) in [5.41, 5.74) is 5.59. The lowest BCUT2D eigenvalue weighted by atomic mass is 10.1. The summed E-state index contributed by atoms with van der Waals surface area (Å²) >= 11 is 4.87. The molecular weight excluding hydrogens is 346 g/mol. The van der Waals surface area contributed by atoms with Crippen molar-refractivity contribution in [2.75, 3.05) is 5.32 Å². The summed E-state index contributed by atoms with van der Waals surface area (Å²) in [7, 11) is 0. The van der Waals surface area contributed by atoms with Crippen molar-refractivity contribution in [3.05, 3.63) is 54.7 Å². The third kappa shape index (κ3) is 3.34. The van der Waals surface area contributed by atoms with Gasteiger partial charge in [0.05, 0.1) is 8.71 Å². The van der Waals surface area contributed by atoms with Gasteiger partial charge in [0.15, 0.2) is 0 Å². The van der Waals surface area contributed by atoms with Crippen LogP contribution in [0, 0.1) is 10.1 Å². The number of amides is 1. The van der Waals surface area contributed by atoms with Gasteiger partial charge in [-0.3, -0.25) is 14.9 Å². The molecule has 0 aliphatic carbocycles. The van der Waals surface area contributed by atoms with Crippen LogP contribution in [0.4, 0.5) is 11.4 Å². The lowest BCUT2D eigenvalue weighted by molar-refractivity contribution is -0.384. The zero-order valence-electron chi connectivity index (χ0n) is 10.1. The smallest absolute Gasteiger partial charge is 0.292 e. The fourth-order valence-corrected chi connectivity index (χ4v) is 3.04. The molecule has 0 bridgehead atoms. The standard InChI is InChI=1S/C12H10BrN3O3S/c13-11-4-2-8(20-11)6-15-9-5-7(12(14)17)1-3-10(9)16(18)19/h1-5,15H,6H2,(H2,14,17). The highest BCUT2D eigenvalue weighted by molar-refractivity contribution is 9.11. The molecule has 1 aromatic carbocycles. The lowest BCUT2D eigenvalue weighted by Gasteiger charge is -2.07. The Labute approximate surface area is 126 Å². The van der Waals surface area contributed by atoms with Crippen LogP contribution in [0.2, 0.25) is 0 Å². The summed E-state index contributed by atoms with van der Waals surface area (Å²) < 4.78 is 0.981. The molecule has 0 aliphatic heterocycles. The van der Waals surface area contributed by atoms with Gasteiger partial charge in [0.2, 0.25) is 5.91 Å². The molecule has 0 saturated carbocycles. The highest BCUT2D eigenvalue weighted by atomic mass is 79.9. The molecule has 0 fully saturated rings. The van der Waals surface area contributed by atoms with Crippen molar-refractivity contribution in [1.82, 2.24) is 0 Å². The summed E-state index contributed by atoms with van der Waals surface area (Å²) in [5.74, 6) is -0.623. The Morgan fingerprint density at radius 2 is 2.15 bits per heavy atom. The molecule has 20 heavy (non-hydrogen) atoms. The number of hydrogen-bond donors (Lipinski definition) is 2. The second kappa shape index (κ2) is 6.02. The predicted molar refractivity (Wildman–Crippen MR) is 81.0 cm³/mol. The maximum absolute atomic E-state index is 11.1. The normalized spacial score (nSPS) is 10.2.